The number of methoxy groups -OCH3 is 1. The summed E-state index contributed by atoms with van der Waals surface area (Å²) in [5, 5.41) is 6.77. The Kier molecular flexibility index (Phi) is 4.90. The molecule has 1 aromatic carbocycles. The van der Waals surface area contributed by atoms with Crippen molar-refractivity contribution in [2.45, 2.75) is 38.9 Å². The number of carbonyl (C=O) groups excluding carboxylic acids is 1. The molecule has 0 aliphatic carbocycles. The molecule has 1 heterocycles. The first-order chi connectivity index (χ1) is 10.4. The van der Waals surface area contributed by atoms with E-state index in [2.05, 4.69) is 10.5 Å². The van der Waals surface area contributed by atoms with E-state index in [9.17, 15) is 4.79 Å². The van der Waals surface area contributed by atoms with Gasteiger partial charge in [-0.1, -0.05) is 5.16 Å². The van der Waals surface area contributed by atoms with Crippen LogP contribution in [0.4, 0.5) is 4.79 Å². The molecular weight excluding hydrogens is 284 g/mol. The second-order valence-electron chi connectivity index (χ2n) is 6.08. The normalized spacial score (nSPS) is 17.5. The minimum absolute atomic E-state index is 0.176. The van der Waals surface area contributed by atoms with Gasteiger partial charge in [0.05, 0.1) is 19.4 Å². The Morgan fingerprint density at radius 2 is 2.05 bits per heavy atom. The first kappa shape index (κ1) is 16.1. The lowest BCUT2D eigenvalue weighted by atomic mass is 10.0. The van der Waals surface area contributed by atoms with Crippen molar-refractivity contribution >= 4 is 11.8 Å². The van der Waals surface area contributed by atoms with Crippen LogP contribution < -0.4 is 10.1 Å². The van der Waals surface area contributed by atoms with Crippen molar-refractivity contribution in [3.05, 3.63) is 29.8 Å². The van der Waals surface area contributed by atoms with Gasteiger partial charge >= 0.3 is 6.09 Å². The highest BCUT2D eigenvalue weighted by Crippen LogP contribution is 2.19. The molecule has 0 radical (unpaired) electrons. The zero-order valence-electron chi connectivity index (χ0n) is 13.4. The van der Waals surface area contributed by atoms with Crippen LogP contribution in [0.5, 0.6) is 5.75 Å². The highest BCUT2D eigenvalue weighted by Gasteiger charge is 2.24. The second kappa shape index (κ2) is 6.68. The van der Waals surface area contributed by atoms with Crippen LogP contribution in [0.2, 0.25) is 0 Å². The van der Waals surface area contributed by atoms with Gasteiger partial charge in [-0.05, 0) is 50.6 Å². The van der Waals surface area contributed by atoms with Gasteiger partial charge in [0.1, 0.15) is 11.4 Å². The zero-order valence-corrected chi connectivity index (χ0v) is 13.4. The fourth-order valence-electron chi connectivity index (χ4n) is 2.00. The SMILES string of the molecule is COc1ccc(C2=NO[C@@H](CNC(=O)OC(C)(C)C)C2)cc1. The van der Waals surface area contributed by atoms with Crippen molar-refractivity contribution in [2.24, 2.45) is 5.16 Å². The number of oxime groups is 1. The predicted octanol–water partition coefficient (Wildman–Crippen LogP) is 2.71. The van der Waals surface area contributed by atoms with E-state index in [1.165, 1.54) is 0 Å². The Bertz CT molecular complexity index is 546. The van der Waals surface area contributed by atoms with Gasteiger partial charge < -0.3 is 19.6 Å². The van der Waals surface area contributed by atoms with Crippen molar-refractivity contribution < 1.29 is 19.1 Å². The number of nitrogens with one attached hydrogen (secondary N) is 1. The van der Waals surface area contributed by atoms with E-state index in [4.69, 9.17) is 14.3 Å². The number of hydrogen-bond acceptors (Lipinski definition) is 5. The zero-order chi connectivity index (χ0) is 16.2. The minimum atomic E-state index is -0.509. The van der Waals surface area contributed by atoms with Crippen LogP contribution in [0.3, 0.4) is 0 Å². The molecule has 1 aromatic rings. The van der Waals surface area contributed by atoms with E-state index in [1.807, 2.05) is 45.0 Å². The third-order valence-electron chi connectivity index (χ3n) is 3.03. The molecule has 1 aliphatic heterocycles. The molecule has 0 saturated carbocycles. The Morgan fingerprint density at radius 1 is 1.36 bits per heavy atom. The van der Waals surface area contributed by atoms with Gasteiger partial charge in [-0.3, -0.25) is 0 Å². The lowest BCUT2D eigenvalue weighted by molar-refractivity contribution is 0.0439. The number of alkyl carbamates (subject to hydrolysis) is 1. The van der Waals surface area contributed by atoms with Crippen LogP contribution in [0.1, 0.15) is 32.8 Å². The summed E-state index contributed by atoms with van der Waals surface area (Å²) in [6.45, 7) is 5.83. The maximum atomic E-state index is 11.6. The molecule has 6 nitrogen and oxygen atoms in total. The first-order valence-electron chi connectivity index (χ1n) is 7.21. The van der Waals surface area contributed by atoms with Gasteiger partial charge in [0, 0.05) is 6.42 Å². The highest BCUT2D eigenvalue weighted by atomic mass is 16.6. The maximum Gasteiger partial charge on any atom is 0.407 e. The van der Waals surface area contributed by atoms with Gasteiger partial charge in [0.2, 0.25) is 0 Å². The molecule has 1 N–H and O–H groups in total. The average molecular weight is 306 g/mol. The van der Waals surface area contributed by atoms with Crippen molar-refractivity contribution in [2.75, 3.05) is 13.7 Å². The number of benzene rings is 1. The van der Waals surface area contributed by atoms with Gasteiger partial charge in [-0.2, -0.15) is 0 Å². The van der Waals surface area contributed by atoms with E-state index in [1.54, 1.807) is 7.11 Å². The Morgan fingerprint density at radius 3 is 2.64 bits per heavy atom. The van der Waals surface area contributed by atoms with Crippen LogP contribution >= 0.6 is 0 Å². The summed E-state index contributed by atoms with van der Waals surface area (Å²) < 4.78 is 10.3. The molecule has 1 atom stereocenters. The maximum absolute atomic E-state index is 11.6. The van der Waals surface area contributed by atoms with E-state index < -0.39 is 11.7 Å². The molecule has 1 amide bonds. The quantitative estimate of drug-likeness (QED) is 0.928. The molecule has 0 fully saturated rings. The molecule has 22 heavy (non-hydrogen) atoms. The monoisotopic (exact) mass is 306 g/mol. The van der Waals surface area contributed by atoms with Crippen molar-refractivity contribution in [1.29, 1.82) is 0 Å². The van der Waals surface area contributed by atoms with Crippen LogP contribution in [0, 0.1) is 0 Å². The van der Waals surface area contributed by atoms with Gasteiger partial charge in [0.15, 0.2) is 6.10 Å². The lowest BCUT2D eigenvalue weighted by Crippen LogP contribution is -2.37. The number of rotatable bonds is 4. The number of carbonyl (C=O) groups is 1. The summed E-state index contributed by atoms with van der Waals surface area (Å²) in [4.78, 5) is 16.9. The lowest BCUT2D eigenvalue weighted by Gasteiger charge is -2.20. The standard InChI is InChI=1S/C16H22N2O4/c1-16(2,3)21-15(19)17-10-13-9-14(18-22-13)11-5-7-12(20-4)8-6-11/h5-8,13H,9-10H2,1-4H3,(H,17,19)/t13-/m1/s1. The third kappa shape index (κ3) is 4.65. The van der Waals surface area contributed by atoms with E-state index in [-0.39, 0.29) is 6.10 Å². The summed E-state index contributed by atoms with van der Waals surface area (Å²) in [5.41, 5.74) is 1.34. The molecule has 120 valence electrons. The van der Waals surface area contributed by atoms with Gasteiger partial charge in [-0.15, -0.1) is 0 Å². The van der Waals surface area contributed by atoms with Crippen LogP contribution in [-0.2, 0) is 9.57 Å². The van der Waals surface area contributed by atoms with E-state index in [0.717, 1.165) is 17.0 Å². The van der Waals surface area contributed by atoms with E-state index >= 15 is 0 Å². The smallest absolute Gasteiger partial charge is 0.407 e. The van der Waals surface area contributed by atoms with Gasteiger partial charge in [0.25, 0.3) is 0 Å². The fraction of sp³-hybridized carbons (Fsp3) is 0.500. The average Bonchev–Trinajstić information content (AvgIpc) is 2.92. The summed E-state index contributed by atoms with van der Waals surface area (Å²) in [6.07, 6.45) is 0.0147. The molecule has 2 rings (SSSR count). The molecule has 0 unspecified atom stereocenters. The summed E-state index contributed by atoms with van der Waals surface area (Å²) >= 11 is 0. The van der Waals surface area contributed by atoms with Crippen molar-refractivity contribution in [3.8, 4) is 5.75 Å². The molecule has 1 aliphatic rings. The Balaban J connectivity index is 1.80. The second-order valence-corrected chi connectivity index (χ2v) is 6.08. The molecule has 6 heteroatoms. The number of ether oxygens (including phenoxy) is 2. The predicted molar refractivity (Wildman–Crippen MR) is 83.3 cm³/mol. The summed E-state index contributed by atoms with van der Waals surface area (Å²) in [6, 6.07) is 7.63. The molecule has 0 spiro atoms. The highest BCUT2D eigenvalue weighted by molar-refractivity contribution is 6.01. The number of amides is 1. The van der Waals surface area contributed by atoms with Crippen LogP contribution in [0.15, 0.2) is 29.4 Å². The van der Waals surface area contributed by atoms with Crippen LogP contribution in [-0.4, -0.2) is 37.2 Å². The first-order valence-corrected chi connectivity index (χ1v) is 7.21. The molecule has 0 aromatic heterocycles. The summed E-state index contributed by atoms with van der Waals surface area (Å²) in [5.74, 6) is 0.798. The van der Waals surface area contributed by atoms with Crippen molar-refractivity contribution in [1.82, 2.24) is 5.32 Å². The molecular formula is C16H22N2O4. The molecule has 0 saturated heterocycles. The van der Waals surface area contributed by atoms with E-state index in [0.29, 0.717) is 13.0 Å². The summed E-state index contributed by atoms with van der Waals surface area (Å²) in [7, 11) is 1.63. The number of hydrogen-bond donors (Lipinski definition) is 1. The van der Waals surface area contributed by atoms with Crippen LogP contribution in [0.25, 0.3) is 0 Å². The Hall–Kier alpha value is -2.24. The fourth-order valence-corrected chi connectivity index (χ4v) is 2.00. The minimum Gasteiger partial charge on any atom is -0.497 e. The topological polar surface area (TPSA) is 69.2 Å². The Labute approximate surface area is 130 Å². The van der Waals surface area contributed by atoms with Crippen molar-refractivity contribution in [3.63, 3.8) is 0 Å². The number of nitrogens with zero attached hydrogens (tertiary/aromatic N) is 1. The molecule has 0 bridgehead atoms. The third-order valence-corrected chi connectivity index (χ3v) is 3.03. The van der Waals surface area contributed by atoms with Gasteiger partial charge in [-0.25, -0.2) is 4.79 Å². The largest absolute Gasteiger partial charge is 0.497 e.